The van der Waals surface area contributed by atoms with Gasteiger partial charge in [-0.2, -0.15) is 0 Å². The molecule has 0 radical (unpaired) electrons. The van der Waals surface area contributed by atoms with Crippen LogP contribution in [0.5, 0.6) is 0 Å². The van der Waals surface area contributed by atoms with Crippen LogP contribution >= 0.6 is 0 Å². The number of hydrogen-bond donors (Lipinski definition) is 1. The summed E-state index contributed by atoms with van der Waals surface area (Å²) >= 11 is 0. The third-order valence-electron chi connectivity index (χ3n) is 1.43. The van der Waals surface area contributed by atoms with Crippen LogP contribution in [0.2, 0.25) is 0 Å². The molecule has 16 heavy (non-hydrogen) atoms. The molecule has 0 saturated heterocycles. The molecule has 0 amide bonds. The Bertz CT molecular complexity index is 189. The normalized spacial score (nSPS) is 10.8. The van der Waals surface area contributed by atoms with Crippen molar-refractivity contribution in [2.45, 2.75) is 46.6 Å². The van der Waals surface area contributed by atoms with Crippen molar-refractivity contribution >= 4 is 11.9 Å². The first-order valence-corrected chi connectivity index (χ1v) is 5.43. The van der Waals surface area contributed by atoms with Crippen molar-refractivity contribution in [2.24, 2.45) is 0 Å². The molecule has 0 rings (SSSR count). The van der Waals surface area contributed by atoms with Crippen LogP contribution < -0.4 is 0 Å². The Hall–Kier alpha value is -1.10. The van der Waals surface area contributed by atoms with Gasteiger partial charge in [-0.15, -0.1) is 0 Å². The van der Waals surface area contributed by atoms with E-state index in [0.29, 0.717) is 13.2 Å². The number of carbonyl (C=O) groups excluding carboxylic acids is 2. The zero-order valence-electron chi connectivity index (χ0n) is 10.5. The summed E-state index contributed by atoms with van der Waals surface area (Å²) in [5.74, 6) is -0.744. The molecule has 5 nitrogen and oxygen atoms in total. The Kier molecular flexibility index (Phi) is 12.9. The van der Waals surface area contributed by atoms with E-state index in [9.17, 15) is 9.59 Å². The molecule has 0 bridgehead atoms. The van der Waals surface area contributed by atoms with E-state index in [4.69, 9.17) is 5.11 Å². The van der Waals surface area contributed by atoms with Crippen LogP contribution in [0.15, 0.2) is 0 Å². The summed E-state index contributed by atoms with van der Waals surface area (Å²) in [7, 11) is 0. The van der Waals surface area contributed by atoms with Crippen LogP contribution in [0.1, 0.15) is 40.5 Å². The van der Waals surface area contributed by atoms with Gasteiger partial charge in [-0.05, 0) is 20.3 Å². The van der Waals surface area contributed by atoms with Crippen LogP contribution in [0.25, 0.3) is 0 Å². The lowest BCUT2D eigenvalue weighted by Crippen LogP contribution is -2.19. The summed E-state index contributed by atoms with van der Waals surface area (Å²) in [6.07, 6.45) is 0.864. The van der Waals surface area contributed by atoms with Crippen LogP contribution in [0.4, 0.5) is 0 Å². The number of hydrogen-bond acceptors (Lipinski definition) is 5. The second-order valence-electron chi connectivity index (χ2n) is 3.12. The zero-order chi connectivity index (χ0) is 13.0. The molecule has 0 spiro atoms. The van der Waals surface area contributed by atoms with Gasteiger partial charge >= 0.3 is 11.9 Å². The molecule has 0 heterocycles. The number of rotatable bonds is 5. The minimum absolute atomic E-state index is 0.211. The summed E-state index contributed by atoms with van der Waals surface area (Å²) in [4.78, 5) is 20.4. The number of aliphatic hydroxyl groups excluding tert-OH is 1. The predicted molar refractivity (Wildman–Crippen MR) is 59.9 cm³/mol. The van der Waals surface area contributed by atoms with Gasteiger partial charge in [-0.25, -0.2) is 4.79 Å². The van der Waals surface area contributed by atoms with Crippen molar-refractivity contribution in [1.82, 2.24) is 0 Å². The van der Waals surface area contributed by atoms with Gasteiger partial charge in [0.05, 0.1) is 13.2 Å². The second kappa shape index (κ2) is 12.0. The highest BCUT2D eigenvalue weighted by atomic mass is 16.5. The summed E-state index contributed by atoms with van der Waals surface area (Å²) in [6.45, 7) is 7.48. The topological polar surface area (TPSA) is 72.8 Å². The first kappa shape index (κ1) is 17.3. The number of esters is 2. The fraction of sp³-hybridized carbons (Fsp3) is 0.818. The van der Waals surface area contributed by atoms with Crippen molar-refractivity contribution in [3.63, 3.8) is 0 Å². The number of unbranched alkanes of at least 4 members (excludes halogenated alkanes) is 1. The molecule has 0 aliphatic carbocycles. The zero-order valence-corrected chi connectivity index (χ0v) is 10.5. The number of aliphatic hydroxyl groups is 1. The summed E-state index contributed by atoms with van der Waals surface area (Å²) in [5, 5.41) is 8.65. The van der Waals surface area contributed by atoms with E-state index in [1.165, 1.54) is 13.8 Å². The average Bonchev–Trinajstić information content (AvgIpc) is 2.18. The molecule has 96 valence electrons. The third-order valence-corrected chi connectivity index (χ3v) is 1.43. The van der Waals surface area contributed by atoms with Gasteiger partial charge in [0.2, 0.25) is 0 Å². The van der Waals surface area contributed by atoms with E-state index in [-0.39, 0.29) is 5.97 Å². The Morgan fingerprint density at radius 1 is 1.25 bits per heavy atom. The molecule has 1 N–H and O–H groups in total. The first-order chi connectivity index (χ1) is 7.45. The lowest BCUT2D eigenvalue weighted by atomic mass is 10.3. The van der Waals surface area contributed by atoms with Crippen LogP contribution in [0, 0.1) is 0 Å². The van der Waals surface area contributed by atoms with Gasteiger partial charge in [0.15, 0.2) is 0 Å². The molecule has 5 heteroatoms. The third kappa shape index (κ3) is 15.4. The van der Waals surface area contributed by atoms with Crippen molar-refractivity contribution in [3.8, 4) is 0 Å². The van der Waals surface area contributed by atoms with Crippen LogP contribution in [-0.2, 0) is 19.1 Å². The van der Waals surface area contributed by atoms with Crippen molar-refractivity contribution < 1.29 is 24.2 Å². The number of ether oxygens (including phenoxy) is 2. The second-order valence-corrected chi connectivity index (χ2v) is 3.12. The van der Waals surface area contributed by atoms with Gasteiger partial charge in [0, 0.05) is 6.92 Å². The molecule has 0 aliphatic heterocycles. The van der Waals surface area contributed by atoms with Gasteiger partial charge in [-0.3, -0.25) is 4.79 Å². The quantitative estimate of drug-likeness (QED) is 0.573. The Labute approximate surface area is 96.7 Å². The Morgan fingerprint density at radius 2 is 1.81 bits per heavy atom. The Morgan fingerprint density at radius 3 is 2.06 bits per heavy atom. The largest absolute Gasteiger partial charge is 0.466 e. The van der Waals surface area contributed by atoms with Crippen molar-refractivity contribution in [1.29, 1.82) is 0 Å². The van der Waals surface area contributed by atoms with E-state index in [2.05, 4.69) is 9.47 Å². The average molecular weight is 234 g/mol. The molecular formula is C11H22O5. The molecule has 0 aromatic heterocycles. The van der Waals surface area contributed by atoms with E-state index < -0.39 is 12.1 Å². The fourth-order valence-corrected chi connectivity index (χ4v) is 0.641. The highest BCUT2D eigenvalue weighted by Gasteiger charge is 2.08. The maximum Gasteiger partial charge on any atom is 0.334 e. The minimum Gasteiger partial charge on any atom is -0.466 e. The molecule has 0 saturated carbocycles. The molecule has 1 unspecified atom stereocenters. The van der Waals surface area contributed by atoms with E-state index in [1.54, 1.807) is 6.92 Å². The van der Waals surface area contributed by atoms with Gasteiger partial charge in [0.25, 0.3) is 0 Å². The van der Waals surface area contributed by atoms with Crippen molar-refractivity contribution in [2.75, 3.05) is 13.2 Å². The SMILES string of the molecule is CCCCOC(=O)C(C)O.CCOC(C)=O. The summed E-state index contributed by atoms with van der Waals surface area (Å²) in [6, 6.07) is 0. The molecule has 0 aliphatic rings. The van der Waals surface area contributed by atoms with Crippen molar-refractivity contribution in [3.05, 3.63) is 0 Å². The molecular weight excluding hydrogens is 212 g/mol. The lowest BCUT2D eigenvalue weighted by molar-refractivity contribution is -0.152. The van der Waals surface area contributed by atoms with Crippen LogP contribution in [-0.4, -0.2) is 36.4 Å². The molecule has 0 aromatic rings. The highest BCUT2D eigenvalue weighted by molar-refractivity contribution is 5.73. The van der Waals surface area contributed by atoms with E-state index in [1.807, 2.05) is 6.92 Å². The van der Waals surface area contributed by atoms with Crippen LogP contribution in [0.3, 0.4) is 0 Å². The van der Waals surface area contributed by atoms with Gasteiger partial charge in [0.1, 0.15) is 6.10 Å². The summed E-state index contributed by atoms with van der Waals surface area (Å²) < 4.78 is 9.06. The maximum atomic E-state index is 10.5. The van der Waals surface area contributed by atoms with E-state index in [0.717, 1.165) is 12.8 Å². The summed E-state index contributed by atoms with van der Waals surface area (Å²) in [5.41, 5.74) is 0. The highest BCUT2D eigenvalue weighted by Crippen LogP contribution is 1.91. The Balaban J connectivity index is 0. The fourth-order valence-electron chi connectivity index (χ4n) is 0.641. The smallest absolute Gasteiger partial charge is 0.334 e. The minimum atomic E-state index is -0.989. The number of carbonyl (C=O) groups is 2. The van der Waals surface area contributed by atoms with E-state index >= 15 is 0 Å². The monoisotopic (exact) mass is 234 g/mol. The maximum absolute atomic E-state index is 10.5. The molecule has 0 fully saturated rings. The van der Waals surface area contributed by atoms with Gasteiger partial charge in [-0.1, -0.05) is 13.3 Å². The predicted octanol–water partition coefficient (Wildman–Crippen LogP) is 1.28. The first-order valence-electron chi connectivity index (χ1n) is 5.43. The standard InChI is InChI=1S/C7H14O3.C4H8O2/c1-3-4-5-10-7(9)6(2)8;1-3-6-4(2)5/h6,8H,3-5H2,1-2H3;3H2,1-2H3. The van der Waals surface area contributed by atoms with Gasteiger partial charge < -0.3 is 14.6 Å². The lowest BCUT2D eigenvalue weighted by Gasteiger charge is -2.04. The molecule has 0 aromatic carbocycles. The molecule has 1 atom stereocenters.